The number of aliphatic imine (C=N–C) groups is 1. The average Bonchev–Trinajstić information content (AvgIpc) is 2.44. The third-order valence-corrected chi connectivity index (χ3v) is 2.77. The molecule has 0 aliphatic heterocycles. The van der Waals surface area contributed by atoms with E-state index in [1.807, 2.05) is 6.07 Å². The van der Waals surface area contributed by atoms with Gasteiger partial charge in [0.25, 0.3) is 0 Å². The summed E-state index contributed by atoms with van der Waals surface area (Å²) >= 11 is 0. The molecule has 1 aromatic rings. The number of rotatable bonds is 7. The van der Waals surface area contributed by atoms with Crippen LogP contribution in [0.5, 0.6) is 0 Å². The Hall–Kier alpha value is -1.55. The largest absolute Gasteiger partial charge is 0.385 e. The van der Waals surface area contributed by atoms with Gasteiger partial charge in [0, 0.05) is 26.8 Å². The summed E-state index contributed by atoms with van der Waals surface area (Å²) in [5.41, 5.74) is 1.25. The molecule has 19 heavy (non-hydrogen) atoms. The first-order chi connectivity index (χ1) is 9.27. The summed E-state index contributed by atoms with van der Waals surface area (Å²) in [6, 6.07) is 10.6. The lowest BCUT2D eigenvalue weighted by atomic mass is 10.1. The van der Waals surface area contributed by atoms with Crippen molar-refractivity contribution in [1.82, 2.24) is 10.6 Å². The highest BCUT2D eigenvalue weighted by molar-refractivity contribution is 5.80. The molecule has 0 fully saturated rings. The lowest BCUT2D eigenvalue weighted by molar-refractivity contribution is 0.197. The van der Waals surface area contributed by atoms with Gasteiger partial charge in [-0.2, -0.15) is 0 Å². The third kappa shape index (κ3) is 6.25. The van der Waals surface area contributed by atoms with E-state index in [-0.39, 0.29) is 6.04 Å². The van der Waals surface area contributed by atoms with Crippen LogP contribution in [0.1, 0.15) is 31.9 Å². The lowest BCUT2D eigenvalue weighted by Crippen LogP contribution is -2.38. The van der Waals surface area contributed by atoms with Gasteiger partial charge in [-0.05, 0) is 25.8 Å². The molecule has 1 aromatic carbocycles. The van der Waals surface area contributed by atoms with E-state index >= 15 is 0 Å². The van der Waals surface area contributed by atoms with Gasteiger partial charge in [-0.1, -0.05) is 30.3 Å². The number of hydrogen-bond acceptors (Lipinski definition) is 2. The minimum atomic E-state index is 0.237. The molecule has 4 heteroatoms. The summed E-state index contributed by atoms with van der Waals surface area (Å²) in [7, 11) is 1.71. The van der Waals surface area contributed by atoms with E-state index in [2.05, 4.69) is 53.7 Å². The van der Waals surface area contributed by atoms with Gasteiger partial charge < -0.3 is 15.4 Å². The van der Waals surface area contributed by atoms with E-state index in [0.29, 0.717) is 0 Å². The first-order valence-electron chi connectivity index (χ1n) is 6.86. The van der Waals surface area contributed by atoms with E-state index in [4.69, 9.17) is 4.74 Å². The lowest BCUT2D eigenvalue weighted by Gasteiger charge is -2.18. The Morgan fingerprint density at radius 3 is 2.68 bits per heavy atom. The molecule has 0 aliphatic carbocycles. The van der Waals surface area contributed by atoms with Crippen molar-refractivity contribution in [3.63, 3.8) is 0 Å². The van der Waals surface area contributed by atoms with Crippen molar-refractivity contribution < 1.29 is 4.74 Å². The van der Waals surface area contributed by atoms with Crippen molar-refractivity contribution in [2.24, 2.45) is 4.99 Å². The second-order valence-corrected chi connectivity index (χ2v) is 4.38. The van der Waals surface area contributed by atoms with Crippen LogP contribution in [0.15, 0.2) is 35.3 Å². The molecule has 0 saturated heterocycles. The Balaban J connectivity index is 2.52. The van der Waals surface area contributed by atoms with Crippen LogP contribution in [0.2, 0.25) is 0 Å². The van der Waals surface area contributed by atoms with Crippen molar-refractivity contribution in [3.05, 3.63) is 35.9 Å². The number of benzene rings is 1. The molecule has 0 heterocycles. The second-order valence-electron chi connectivity index (χ2n) is 4.38. The Kier molecular flexibility index (Phi) is 7.66. The SMILES string of the molecule is CCNC(=NCCCOC)NC(C)c1ccccc1. The molecular formula is C15H25N3O. The predicted molar refractivity (Wildman–Crippen MR) is 80.5 cm³/mol. The fourth-order valence-electron chi connectivity index (χ4n) is 1.75. The number of guanidine groups is 1. The van der Waals surface area contributed by atoms with Crippen molar-refractivity contribution in [2.45, 2.75) is 26.3 Å². The van der Waals surface area contributed by atoms with Crippen LogP contribution in [0.3, 0.4) is 0 Å². The normalized spacial score (nSPS) is 13.1. The predicted octanol–water partition coefficient (Wildman–Crippen LogP) is 2.34. The summed E-state index contributed by atoms with van der Waals surface area (Å²) < 4.78 is 5.02. The molecule has 0 radical (unpaired) electrons. The zero-order valence-electron chi connectivity index (χ0n) is 12.1. The van der Waals surface area contributed by atoms with Crippen molar-refractivity contribution in [2.75, 3.05) is 26.8 Å². The summed E-state index contributed by atoms with van der Waals surface area (Å²) in [6.45, 7) is 6.58. The molecule has 1 unspecified atom stereocenters. The van der Waals surface area contributed by atoms with E-state index in [9.17, 15) is 0 Å². The van der Waals surface area contributed by atoms with Gasteiger partial charge in [0.05, 0.1) is 6.04 Å². The van der Waals surface area contributed by atoms with Gasteiger partial charge in [0.1, 0.15) is 0 Å². The molecule has 0 spiro atoms. The molecule has 0 saturated carbocycles. The maximum absolute atomic E-state index is 5.02. The Bertz CT molecular complexity index is 365. The summed E-state index contributed by atoms with van der Waals surface area (Å²) in [5, 5.41) is 6.67. The molecule has 106 valence electrons. The van der Waals surface area contributed by atoms with Crippen LogP contribution in [0.4, 0.5) is 0 Å². The fraction of sp³-hybridized carbons (Fsp3) is 0.533. The number of hydrogen-bond donors (Lipinski definition) is 2. The molecule has 4 nitrogen and oxygen atoms in total. The van der Waals surface area contributed by atoms with E-state index in [0.717, 1.165) is 32.1 Å². The van der Waals surface area contributed by atoms with Gasteiger partial charge in [0.2, 0.25) is 0 Å². The van der Waals surface area contributed by atoms with E-state index in [1.54, 1.807) is 7.11 Å². The maximum Gasteiger partial charge on any atom is 0.191 e. The van der Waals surface area contributed by atoms with Crippen LogP contribution >= 0.6 is 0 Å². The Morgan fingerprint density at radius 1 is 1.32 bits per heavy atom. The molecular weight excluding hydrogens is 238 g/mol. The maximum atomic E-state index is 5.02. The quantitative estimate of drug-likeness (QED) is 0.451. The van der Waals surface area contributed by atoms with Gasteiger partial charge in [-0.25, -0.2) is 0 Å². The van der Waals surface area contributed by atoms with Crippen LogP contribution in [-0.4, -0.2) is 32.8 Å². The molecule has 0 aromatic heterocycles. The third-order valence-electron chi connectivity index (χ3n) is 2.77. The van der Waals surface area contributed by atoms with Crippen LogP contribution in [0.25, 0.3) is 0 Å². The highest BCUT2D eigenvalue weighted by Gasteiger charge is 2.06. The molecule has 1 atom stereocenters. The summed E-state index contributed by atoms with van der Waals surface area (Å²) in [5.74, 6) is 0.856. The van der Waals surface area contributed by atoms with Gasteiger partial charge >= 0.3 is 0 Å². The van der Waals surface area contributed by atoms with E-state index < -0.39 is 0 Å². The monoisotopic (exact) mass is 263 g/mol. The van der Waals surface area contributed by atoms with Gasteiger partial charge in [0.15, 0.2) is 5.96 Å². The van der Waals surface area contributed by atoms with Crippen molar-refractivity contribution >= 4 is 5.96 Å². The highest BCUT2D eigenvalue weighted by Crippen LogP contribution is 2.10. The molecule has 0 aliphatic rings. The van der Waals surface area contributed by atoms with Crippen LogP contribution in [0, 0.1) is 0 Å². The topological polar surface area (TPSA) is 45.7 Å². The minimum Gasteiger partial charge on any atom is -0.385 e. The number of ether oxygens (including phenoxy) is 1. The number of nitrogens with one attached hydrogen (secondary N) is 2. The molecule has 2 N–H and O–H groups in total. The smallest absolute Gasteiger partial charge is 0.191 e. The fourth-order valence-corrected chi connectivity index (χ4v) is 1.75. The standard InChI is InChI=1S/C15H25N3O/c1-4-16-15(17-11-8-12-19-3)18-13(2)14-9-6-5-7-10-14/h5-7,9-10,13H,4,8,11-12H2,1-3H3,(H2,16,17,18). The summed E-state index contributed by atoms with van der Waals surface area (Å²) in [6.07, 6.45) is 0.937. The van der Waals surface area contributed by atoms with Crippen molar-refractivity contribution in [1.29, 1.82) is 0 Å². The number of nitrogens with zero attached hydrogens (tertiary/aromatic N) is 1. The Morgan fingerprint density at radius 2 is 2.05 bits per heavy atom. The molecule has 1 rings (SSSR count). The molecule has 0 amide bonds. The minimum absolute atomic E-state index is 0.237. The van der Waals surface area contributed by atoms with Crippen LogP contribution in [-0.2, 0) is 4.74 Å². The highest BCUT2D eigenvalue weighted by atomic mass is 16.5. The summed E-state index contributed by atoms with van der Waals surface area (Å²) in [4.78, 5) is 4.53. The van der Waals surface area contributed by atoms with Gasteiger partial charge in [-0.3, -0.25) is 4.99 Å². The van der Waals surface area contributed by atoms with Crippen LogP contribution < -0.4 is 10.6 Å². The zero-order valence-corrected chi connectivity index (χ0v) is 12.1. The first kappa shape index (κ1) is 15.5. The van der Waals surface area contributed by atoms with Crippen molar-refractivity contribution in [3.8, 4) is 0 Å². The first-order valence-corrected chi connectivity index (χ1v) is 6.86. The van der Waals surface area contributed by atoms with E-state index in [1.165, 1.54) is 5.56 Å². The second kappa shape index (κ2) is 9.39. The molecule has 0 bridgehead atoms. The van der Waals surface area contributed by atoms with Gasteiger partial charge in [-0.15, -0.1) is 0 Å². The average molecular weight is 263 g/mol. The zero-order chi connectivity index (χ0) is 13.9. The number of methoxy groups -OCH3 is 1. The Labute approximate surface area is 116 Å².